The first-order valence-electron chi connectivity index (χ1n) is 6.49. The minimum atomic E-state index is 0.713. The van der Waals surface area contributed by atoms with E-state index in [1.54, 1.807) is 12.5 Å². The van der Waals surface area contributed by atoms with Crippen LogP contribution in [0.1, 0.15) is 24.5 Å². The highest BCUT2D eigenvalue weighted by atomic mass is 15.1. The van der Waals surface area contributed by atoms with Crippen molar-refractivity contribution in [1.29, 1.82) is 0 Å². The van der Waals surface area contributed by atoms with Crippen molar-refractivity contribution in [3.8, 4) is 0 Å². The molecule has 0 amide bonds. The van der Waals surface area contributed by atoms with Gasteiger partial charge in [-0.1, -0.05) is 19.4 Å². The predicted molar refractivity (Wildman–Crippen MR) is 77.1 cm³/mol. The lowest BCUT2D eigenvalue weighted by Crippen LogP contribution is -2.08. The second kappa shape index (κ2) is 6.68. The highest BCUT2D eigenvalue weighted by Gasteiger charge is 2.09. The van der Waals surface area contributed by atoms with Gasteiger partial charge in [-0.2, -0.15) is 0 Å². The summed E-state index contributed by atoms with van der Waals surface area (Å²) in [6.07, 6.45) is 7.22. The van der Waals surface area contributed by atoms with Crippen molar-refractivity contribution >= 4 is 11.6 Å². The molecule has 0 spiro atoms. The van der Waals surface area contributed by atoms with Crippen molar-refractivity contribution in [2.24, 2.45) is 0 Å². The Morgan fingerprint density at radius 1 is 1.21 bits per heavy atom. The lowest BCUT2D eigenvalue weighted by molar-refractivity contribution is 0.898. The molecule has 0 radical (unpaired) electrons. The van der Waals surface area contributed by atoms with Crippen LogP contribution in [-0.2, 0) is 13.0 Å². The summed E-state index contributed by atoms with van der Waals surface area (Å²) in [6, 6.07) is 3.97. The molecule has 0 aliphatic rings. The zero-order valence-electron chi connectivity index (χ0n) is 11.3. The molecular weight excluding hydrogens is 238 g/mol. The number of nitrogens with zero attached hydrogens (tertiary/aromatic N) is 3. The van der Waals surface area contributed by atoms with E-state index in [1.165, 1.54) is 0 Å². The first-order chi connectivity index (χ1) is 9.35. The number of hydrogen-bond acceptors (Lipinski definition) is 5. The molecule has 100 valence electrons. The molecule has 0 atom stereocenters. The fourth-order valence-electron chi connectivity index (χ4n) is 1.96. The first-order valence-corrected chi connectivity index (χ1v) is 6.49. The van der Waals surface area contributed by atoms with E-state index in [9.17, 15) is 0 Å². The van der Waals surface area contributed by atoms with E-state index in [0.717, 1.165) is 35.6 Å². The molecule has 2 rings (SSSR count). The molecule has 0 unspecified atom stereocenters. The van der Waals surface area contributed by atoms with Crippen LogP contribution < -0.4 is 10.6 Å². The highest BCUT2D eigenvalue weighted by Crippen LogP contribution is 2.21. The van der Waals surface area contributed by atoms with Gasteiger partial charge in [0.2, 0.25) is 0 Å². The standard InChI is InChI=1S/C14H19N5/c1-3-5-12-13(15-2)18-10-19-14(12)17-9-11-6-4-7-16-8-11/h4,6-8,10H,3,5,9H2,1-2H3,(H2,15,17,18,19). The molecule has 2 heterocycles. The third-order valence-corrected chi connectivity index (χ3v) is 2.86. The molecule has 0 bridgehead atoms. The van der Waals surface area contributed by atoms with Gasteiger partial charge in [-0.3, -0.25) is 4.98 Å². The summed E-state index contributed by atoms with van der Waals surface area (Å²) in [5, 5.41) is 6.47. The van der Waals surface area contributed by atoms with Crippen LogP contribution in [-0.4, -0.2) is 22.0 Å². The average Bonchev–Trinajstić information content (AvgIpc) is 2.47. The van der Waals surface area contributed by atoms with Gasteiger partial charge in [-0.25, -0.2) is 9.97 Å². The van der Waals surface area contributed by atoms with Gasteiger partial charge in [0.25, 0.3) is 0 Å². The summed E-state index contributed by atoms with van der Waals surface area (Å²) in [4.78, 5) is 12.7. The summed E-state index contributed by atoms with van der Waals surface area (Å²) in [5.41, 5.74) is 2.27. The molecule has 2 aromatic heterocycles. The van der Waals surface area contributed by atoms with Crippen LogP contribution in [0.5, 0.6) is 0 Å². The number of pyridine rings is 1. The van der Waals surface area contributed by atoms with Gasteiger partial charge in [0, 0.05) is 31.5 Å². The molecule has 2 N–H and O–H groups in total. The van der Waals surface area contributed by atoms with Crippen molar-refractivity contribution in [3.63, 3.8) is 0 Å². The Morgan fingerprint density at radius 3 is 2.74 bits per heavy atom. The van der Waals surface area contributed by atoms with Crippen LogP contribution >= 0.6 is 0 Å². The first kappa shape index (κ1) is 13.3. The molecule has 0 aliphatic heterocycles. The summed E-state index contributed by atoms with van der Waals surface area (Å²) >= 11 is 0. The fourth-order valence-corrected chi connectivity index (χ4v) is 1.96. The second-order valence-corrected chi connectivity index (χ2v) is 4.26. The monoisotopic (exact) mass is 257 g/mol. The summed E-state index contributed by atoms with van der Waals surface area (Å²) in [7, 11) is 1.88. The Kier molecular flexibility index (Phi) is 4.66. The van der Waals surface area contributed by atoms with Gasteiger partial charge in [0.1, 0.15) is 18.0 Å². The fraction of sp³-hybridized carbons (Fsp3) is 0.357. The van der Waals surface area contributed by atoms with E-state index in [4.69, 9.17) is 0 Å². The molecule has 0 aromatic carbocycles. The molecule has 0 fully saturated rings. The lowest BCUT2D eigenvalue weighted by Gasteiger charge is -2.13. The van der Waals surface area contributed by atoms with Crippen molar-refractivity contribution in [2.45, 2.75) is 26.3 Å². The van der Waals surface area contributed by atoms with Crippen molar-refractivity contribution < 1.29 is 0 Å². The van der Waals surface area contributed by atoms with E-state index in [0.29, 0.717) is 6.54 Å². The molecule has 5 heteroatoms. The van der Waals surface area contributed by atoms with E-state index >= 15 is 0 Å². The minimum Gasteiger partial charge on any atom is -0.373 e. The van der Waals surface area contributed by atoms with Crippen molar-refractivity contribution in [3.05, 3.63) is 42.0 Å². The van der Waals surface area contributed by atoms with Gasteiger partial charge < -0.3 is 10.6 Å². The van der Waals surface area contributed by atoms with Gasteiger partial charge >= 0.3 is 0 Å². The van der Waals surface area contributed by atoms with E-state index < -0.39 is 0 Å². The lowest BCUT2D eigenvalue weighted by atomic mass is 10.1. The van der Waals surface area contributed by atoms with Gasteiger partial charge in [-0.15, -0.1) is 0 Å². The number of hydrogen-bond donors (Lipinski definition) is 2. The highest BCUT2D eigenvalue weighted by molar-refractivity contribution is 5.57. The van der Waals surface area contributed by atoms with Gasteiger partial charge in [0.05, 0.1) is 0 Å². The van der Waals surface area contributed by atoms with Crippen LogP contribution in [0.4, 0.5) is 11.6 Å². The second-order valence-electron chi connectivity index (χ2n) is 4.26. The Balaban J connectivity index is 2.15. The van der Waals surface area contributed by atoms with E-state index in [-0.39, 0.29) is 0 Å². The molecular formula is C14H19N5. The Labute approximate surface area is 113 Å². The van der Waals surface area contributed by atoms with Crippen LogP contribution in [0.3, 0.4) is 0 Å². The third kappa shape index (κ3) is 3.40. The van der Waals surface area contributed by atoms with Crippen LogP contribution in [0.15, 0.2) is 30.9 Å². The average molecular weight is 257 g/mol. The number of nitrogens with one attached hydrogen (secondary N) is 2. The molecule has 0 aliphatic carbocycles. The zero-order valence-corrected chi connectivity index (χ0v) is 11.3. The summed E-state index contributed by atoms with van der Waals surface area (Å²) in [6.45, 7) is 2.86. The smallest absolute Gasteiger partial charge is 0.134 e. The maximum Gasteiger partial charge on any atom is 0.134 e. The zero-order chi connectivity index (χ0) is 13.5. The maximum atomic E-state index is 4.34. The van der Waals surface area contributed by atoms with Gasteiger partial charge in [-0.05, 0) is 18.1 Å². The molecule has 5 nitrogen and oxygen atoms in total. The molecule has 0 saturated heterocycles. The molecule has 0 saturated carbocycles. The topological polar surface area (TPSA) is 62.7 Å². The summed E-state index contributed by atoms with van der Waals surface area (Å²) < 4.78 is 0. The van der Waals surface area contributed by atoms with Crippen LogP contribution in [0.2, 0.25) is 0 Å². The predicted octanol–water partition coefficient (Wildman–Crippen LogP) is 2.48. The molecule has 19 heavy (non-hydrogen) atoms. The van der Waals surface area contributed by atoms with E-state index in [1.807, 2.05) is 25.4 Å². The number of anilines is 2. The third-order valence-electron chi connectivity index (χ3n) is 2.86. The SMILES string of the molecule is CCCc1c(NC)ncnc1NCc1cccnc1. The Hall–Kier alpha value is -2.17. The van der Waals surface area contributed by atoms with Crippen LogP contribution in [0, 0.1) is 0 Å². The minimum absolute atomic E-state index is 0.713. The van der Waals surface area contributed by atoms with Gasteiger partial charge in [0.15, 0.2) is 0 Å². The Bertz CT molecular complexity index is 512. The quantitative estimate of drug-likeness (QED) is 0.832. The summed E-state index contributed by atoms with van der Waals surface area (Å²) in [5.74, 6) is 1.79. The Morgan fingerprint density at radius 2 is 2.05 bits per heavy atom. The van der Waals surface area contributed by atoms with Crippen molar-refractivity contribution in [2.75, 3.05) is 17.7 Å². The molecule has 2 aromatic rings. The number of rotatable bonds is 6. The largest absolute Gasteiger partial charge is 0.373 e. The van der Waals surface area contributed by atoms with Crippen molar-refractivity contribution in [1.82, 2.24) is 15.0 Å². The number of aromatic nitrogens is 3. The van der Waals surface area contributed by atoms with Crippen LogP contribution in [0.25, 0.3) is 0 Å². The maximum absolute atomic E-state index is 4.34. The van der Waals surface area contributed by atoms with E-state index in [2.05, 4.69) is 32.5 Å². The normalized spacial score (nSPS) is 10.2.